The standard InChI is InChI=1S/C27H24Cl2N4O2/c1-15(34)21-13-31-25-5-3-16(18-10-22(28)27(35)23(29)11-18)9-20(25)26(21)32-19-4-6-24(30-12-19)17-7-8-33(2)14-17/h3-6,9-13,17,35H,7-8,14H2,1-2H3,(H,31,32). The van der Waals surface area contributed by atoms with Gasteiger partial charge in [0, 0.05) is 29.7 Å². The van der Waals surface area contributed by atoms with Gasteiger partial charge < -0.3 is 15.3 Å². The first kappa shape index (κ1) is 23.5. The molecule has 0 amide bonds. The van der Waals surface area contributed by atoms with Crippen molar-refractivity contribution in [3.8, 4) is 16.9 Å². The second-order valence-corrected chi connectivity index (χ2v) is 9.78. The Morgan fingerprint density at radius 3 is 2.46 bits per heavy atom. The van der Waals surface area contributed by atoms with Gasteiger partial charge in [-0.3, -0.25) is 14.8 Å². The van der Waals surface area contributed by atoms with Crippen molar-refractivity contribution in [1.29, 1.82) is 0 Å². The van der Waals surface area contributed by atoms with E-state index in [1.807, 2.05) is 30.5 Å². The number of fused-ring (bicyclic) bond motifs is 1. The second kappa shape index (κ2) is 9.46. The summed E-state index contributed by atoms with van der Waals surface area (Å²) < 4.78 is 0. The van der Waals surface area contributed by atoms with Crippen LogP contribution in [0.3, 0.4) is 0 Å². The molecule has 6 nitrogen and oxygen atoms in total. The third kappa shape index (κ3) is 4.69. The van der Waals surface area contributed by atoms with Gasteiger partial charge in [0.1, 0.15) is 0 Å². The maximum Gasteiger partial charge on any atom is 0.163 e. The minimum absolute atomic E-state index is 0.0957. The predicted octanol–water partition coefficient (Wildman–Crippen LogP) is 6.67. The van der Waals surface area contributed by atoms with Gasteiger partial charge in [0.05, 0.1) is 38.7 Å². The van der Waals surface area contributed by atoms with Gasteiger partial charge >= 0.3 is 0 Å². The number of benzene rings is 2. The maximum absolute atomic E-state index is 12.5. The van der Waals surface area contributed by atoms with E-state index in [2.05, 4.69) is 28.3 Å². The van der Waals surface area contributed by atoms with Gasteiger partial charge in [0.15, 0.2) is 11.5 Å². The molecule has 0 saturated carbocycles. The smallest absolute Gasteiger partial charge is 0.163 e. The largest absolute Gasteiger partial charge is 0.505 e. The molecule has 1 atom stereocenters. The van der Waals surface area contributed by atoms with Crippen LogP contribution < -0.4 is 5.32 Å². The fraction of sp³-hybridized carbons (Fsp3) is 0.222. The number of nitrogens with one attached hydrogen (secondary N) is 1. The van der Waals surface area contributed by atoms with Crippen molar-refractivity contribution in [2.24, 2.45) is 0 Å². The summed E-state index contributed by atoms with van der Waals surface area (Å²) in [6.07, 6.45) is 4.51. The highest BCUT2D eigenvalue weighted by Crippen LogP contribution is 2.38. The molecule has 4 aromatic rings. The minimum atomic E-state index is -0.152. The van der Waals surface area contributed by atoms with Gasteiger partial charge in [-0.1, -0.05) is 29.3 Å². The molecule has 1 fully saturated rings. The van der Waals surface area contributed by atoms with Crippen LogP contribution in [0.5, 0.6) is 5.75 Å². The van der Waals surface area contributed by atoms with E-state index in [1.54, 1.807) is 18.3 Å². The fourth-order valence-corrected chi connectivity index (χ4v) is 5.03. The highest BCUT2D eigenvalue weighted by molar-refractivity contribution is 6.37. The topological polar surface area (TPSA) is 78.3 Å². The third-order valence-electron chi connectivity index (χ3n) is 6.46. The molecule has 2 N–H and O–H groups in total. The number of pyridine rings is 2. The van der Waals surface area contributed by atoms with Gasteiger partial charge in [0.2, 0.25) is 0 Å². The van der Waals surface area contributed by atoms with Gasteiger partial charge in [-0.2, -0.15) is 0 Å². The lowest BCUT2D eigenvalue weighted by Gasteiger charge is -2.15. The van der Waals surface area contributed by atoms with Crippen molar-refractivity contribution in [1.82, 2.24) is 14.9 Å². The highest BCUT2D eigenvalue weighted by Gasteiger charge is 2.22. The van der Waals surface area contributed by atoms with Crippen LogP contribution in [-0.4, -0.2) is 45.9 Å². The third-order valence-corrected chi connectivity index (χ3v) is 7.04. The second-order valence-electron chi connectivity index (χ2n) is 8.97. The molecule has 0 aliphatic carbocycles. The Morgan fingerprint density at radius 1 is 1.06 bits per heavy atom. The Kier molecular flexibility index (Phi) is 6.36. The first-order valence-electron chi connectivity index (χ1n) is 11.3. The molecule has 1 saturated heterocycles. The summed E-state index contributed by atoms with van der Waals surface area (Å²) in [5, 5.41) is 14.4. The lowest BCUT2D eigenvalue weighted by Crippen LogP contribution is -2.13. The van der Waals surface area contributed by atoms with Crippen LogP contribution in [0.1, 0.15) is 35.3 Å². The molecular weight excluding hydrogens is 483 g/mol. The van der Waals surface area contributed by atoms with Crippen LogP contribution in [0.15, 0.2) is 54.9 Å². The molecule has 2 aromatic heterocycles. The number of ketones is 1. The Bertz CT molecular complexity index is 1420. The summed E-state index contributed by atoms with van der Waals surface area (Å²) in [7, 11) is 2.13. The van der Waals surface area contributed by atoms with E-state index in [-0.39, 0.29) is 21.6 Å². The zero-order valence-corrected chi connectivity index (χ0v) is 20.9. The Hall–Kier alpha value is -3.19. The molecule has 35 heavy (non-hydrogen) atoms. The number of carbonyl (C=O) groups is 1. The number of aromatic nitrogens is 2. The molecule has 178 valence electrons. The summed E-state index contributed by atoms with van der Waals surface area (Å²) in [6, 6.07) is 13.1. The van der Waals surface area contributed by atoms with Gasteiger partial charge in [-0.15, -0.1) is 0 Å². The van der Waals surface area contributed by atoms with Crippen molar-refractivity contribution in [3.63, 3.8) is 0 Å². The van der Waals surface area contributed by atoms with E-state index in [9.17, 15) is 9.90 Å². The number of carbonyl (C=O) groups excluding carboxylic acids is 1. The number of likely N-dealkylation sites (tertiary alicyclic amines) is 1. The first-order chi connectivity index (χ1) is 16.8. The SMILES string of the molecule is CC(=O)c1cnc2ccc(-c3cc(Cl)c(O)c(Cl)c3)cc2c1Nc1ccc(C2CCN(C)C2)nc1. The number of hydrogen-bond acceptors (Lipinski definition) is 6. The summed E-state index contributed by atoms with van der Waals surface area (Å²) in [4.78, 5) is 24.0. The van der Waals surface area contributed by atoms with E-state index in [0.29, 0.717) is 17.2 Å². The van der Waals surface area contributed by atoms with Crippen molar-refractivity contribution in [3.05, 3.63) is 76.2 Å². The van der Waals surface area contributed by atoms with Crippen LogP contribution in [-0.2, 0) is 0 Å². The van der Waals surface area contributed by atoms with E-state index in [0.717, 1.165) is 52.9 Å². The Balaban J connectivity index is 1.56. The first-order valence-corrected chi connectivity index (χ1v) is 12.1. The van der Waals surface area contributed by atoms with E-state index < -0.39 is 0 Å². The van der Waals surface area contributed by atoms with Gasteiger partial charge in [0.25, 0.3) is 0 Å². The normalized spacial score (nSPS) is 16.1. The number of phenols is 1. The fourth-order valence-electron chi connectivity index (χ4n) is 4.55. The number of rotatable bonds is 5. The molecule has 8 heteroatoms. The molecule has 2 aromatic carbocycles. The average Bonchev–Trinajstić information content (AvgIpc) is 3.28. The maximum atomic E-state index is 12.5. The van der Waals surface area contributed by atoms with Crippen molar-refractivity contribution in [2.75, 3.05) is 25.5 Å². The number of anilines is 2. The van der Waals surface area contributed by atoms with Crippen LogP contribution in [0.25, 0.3) is 22.0 Å². The van der Waals surface area contributed by atoms with Crippen molar-refractivity contribution in [2.45, 2.75) is 19.3 Å². The molecule has 1 aliphatic heterocycles. The quantitative estimate of drug-likeness (QED) is 0.294. The van der Waals surface area contributed by atoms with Crippen LogP contribution in [0.2, 0.25) is 10.0 Å². The summed E-state index contributed by atoms with van der Waals surface area (Å²) >= 11 is 12.3. The number of likely N-dealkylation sites (N-methyl/N-ethyl adjacent to an activating group) is 1. The summed E-state index contributed by atoms with van der Waals surface area (Å²) in [6.45, 7) is 3.61. The van der Waals surface area contributed by atoms with Crippen LogP contribution in [0, 0.1) is 0 Å². The molecular formula is C27H24Cl2N4O2. The number of halogens is 2. The van der Waals surface area contributed by atoms with E-state index >= 15 is 0 Å². The minimum Gasteiger partial charge on any atom is -0.505 e. The molecule has 1 aliphatic rings. The van der Waals surface area contributed by atoms with Crippen LogP contribution >= 0.6 is 23.2 Å². The zero-order valence-electron chi connectivity index (χ0n) is 19.3. The van der Waals surface area contributed by atoms with Crippen molar-refractivity contribution >= 4 is 51.3 Å². The average molecular weight is 507 g/mol. The molecule has 0 spiro atoms. The lowest BCUT2D eigenvalue weighted by molar-refractivity contribution is 0.101. The molecule has 3 heterocycles. The highest BCUT2D eigenvalue weighted by atomic mass is 35.5. The van der Waals surface area contributed by atoms with E-state index in [1.165, 1.54) is 6.92 Å². The monoisotopic (exact) mass is 506 g/mol. The number of nitrogens with zero attached hydrogens (tertiary/aromatic N) is 3. The summed E-state index contributed by atoms with van der Waals surface area (Å²) in [5.74, 6) is 0.192. The molecule has 0 bridgehead atoms. The van der Waals surface area contributed by atoms with Crippen LogP contribution in [0.4, 0.5) is 11.4 Å². The number of hydrogen-bond donors (Lipinski definition) is 2. The number of aromatic hydroxyl groups is 1. The molecule has 0 radical (unpaired) electrons. The van der Waals surface area contributed by atoms with Gasteiger partial charge in [-0.25, -0.2) is 0 Å². The molecule has 1 unspecified atom stereocenters. The Morgan fingerprint density at radius 2 is 1.83 bits per heavy atom. The van der Waals surface area contributed by atoms with E-state index in [4.69, 9.17) is 28.2 Å². The number of phenolic OH excluding ortho intramolecular Hbond substituents is 1. The van der Waals surface area contributed by atoms with Gasteiger partial charge in [-0.05, 0) is 74.5 Å². The predicted molar refractivity (Wildman–Crippen MR) is 141 cm³/mol. The zero-order chi connectivity index (χ0) is 24.7. The molecule has 5 rings (SSSR count). The van der Waals surface area contributed by atoms with Crippen molar-refractivity contribution < 1.29 is 9.90 Å². The Labute approximate surface area is 213 Å². The number of Topliss-reactive ketones (excluding diaryl/α,β-unsaturated/α-hetero) is 1. The lowest BCUT2D eigenvalue weighted by atomic mass is 10.00. The summed E-state index contributed by atoms with van der Waals surface area (Å²) in [5.41, 5.74) is 5.31.